The van der Waals surface area contributed by atoms with Crippen molar-refractivity contribution < 1.29 is 4.79 Å². The van der Waals surface area contributed by atoms with Crippen LogP contribution >= 0.6 is 0 Å². The van der Waals surface area contributed by atoms with Crippen LogP contribution in [0.4, 0.5) is 5.69 Å². The van der Waals surface area contributed by atoms with Crippen molar-refractivity contribution in [2.75, 3.05) is 12.3 Å². The summed E-state index contributed by atoms with van der Waals surface area (Å²) in [5, 5.41) is 0. The van der Waals surface area contributed by atoms with Gasteiger partial charge in [-0.05, 0) is 37.5 Å². The van der Waals surface area contributed by atoms with Gasteiger partial charge in [0, 0.05) is 24.2 Å². The third-order valence-corrected chi connectivity index (χ3v) is 4.22. The second-order valence-electron chi connectivity index (χ2n) is 5.83. The molecule has 0 atom stereocenters. The molecule has 2 rings (SSSR count). The second-order valence-corrected chi connectivity index (χ2v) is 5.83. The monoisotopic (exact) mass is 260 g/mol. The van der Waals surface area contributed by atoms with Crippen molar-refractivity contribution in [3.63, 3.8) is 0 Å². The number of nitrogens with zero attached hydrogens (tertiary/aromatic N) is 1. The molecular formula is C16H24N2O. The standard InChI is InChI=1S/C16H24N2O/c1-3-18(12-13-7-6-8-14(17)11-13)15(19)16(2)9-4-5-10-16/h6-8,11H,3-5,9-10,12,17H2,1-2H3. The van der Waals surface area contributed by atoms with Crippen LogP contribution in [-0.4, -0.2) is 17.4 Å². The molecule has 0 spiro atoms. The van der Waals surface area contributed by atoms with Crippen LogP contribution < -0.4 is 5.73 Å². The average molecular weight is 260 g/mol. The van der Waals surface area contributed by atoms with E-state index in [4.69, 9.17) is 5.73 Å². The zero-order chi connectivity index (χ0) is 13.9. The molecule has 1 aromatic carbocycles. The Kier molecular flexibility index (Phi) is 4.13. The van der Waals surface area contributed by atoms with Crippen LogP contribution in [0.3, 0.4) is 0 Å². The molecule has 1 aromatic rings. The lowest BCUT2D eigenvalue weighted by molar-refractivity contribution is -0.141. The number of carbonyl (C=O) groups is 1. The Hall–Kier alpha value is -1.51. The molecule has 1 fully saturated rings. The number of carbonyl (C=O) groups excluding carboxylic acids is 1. The first-order chi connectivity index (χ1) is 9.05. The van der Waals surface area contributed by atoms with E-state index in [2.05, 4.69) is 6.92 Å². The number of hydrogen-bond acceptors (Lipinski definition) is 2. The fraction of sp³-hybridized carbons (Fsp3) is 0.562. The van der Waals surface area contributed by atoms with Gasteiger partial charge < -0.3 is 10.6 Å². The van der Waals surface area contributed by atoms with Gasteiger partial charge in [0.15, 0.2) is 0 Å². The molecule has 0 aromatic heterocycles. The smallest absolute Gasteiger partial charge is 0.228 e. The third-order valence-electron chi connectivity index (χ3n) is 4.22. The lowest BCUT2D eigenvalue weighted by Crippen LogP contribution is -2.40. The zero-order valence-corrected chi connectivity index (χ0v) is 12.0. The van der Waals surface area contributed by atoms with Gasteiger partial charge in [0.1, 0.15) is 0 Å². The topological polar surface area (TPSA) is 46.3 Å². The minimum Gasteiger partial charge on any atom is -0.399 e. The summed E-state index contributed by atoms with van der Waals surface area (Å²) in [4.78, 5) is 14.6. The lowest BCUT2D eigenvalue weighted by Gasteiger charge is -2.31. The first-order valence-electron chi connectivity index (χ1n) is 7.19. The molecule has 0 saturated heterocycles. The molecule has 1 aliphatic rings. The van der Waals surface area contributed by atoms with Crippen LogP contribution in [0.25, 0.3) is 0 Å². The molecule has 0 bridgehead atoms. The minimum absolute atomic E-state index is 0.143. The lowest BCUT2D eigenvalue weighted by atomic mass is 9.87. The Bertz CT molecular complexity index is 450. The maximum Gasteiger partial charge on any atom is 0.228 e. The summed E-state index contributed by atoms with van der Waals surface area (Å²) in [6, 6.07) is 7.80. The van der Waals surface area contributed by atoms with Gasteiger partial charge in [0.2, 0.25) is 5.91 Å². The highest BCUT2D eigenvalue weighted by molar-refractivity contribution is 5.82. The fourth-order valence-electron chi connectivity index (χ4n) is 2.99. The van der Waals surface area contributed by atoms with Crippen molar-refractivity contribution >= 4 is 11.6 Å². The Morgan fingerprint density at radius 3 is 2.63 bits per heavy atom. The van der Waals surface area contributed by atoms with E-state index in [0.717, 1.165) is 30.6 Å². The summed E-state index contributed by atoms with van der Waals surface area (Å²) < 4.78 is 0. The third kappa shape index (κ3) is 3.09. The zero-order valence-electron chi connectivity index (χ0n) is 12.0. The molecule has 1 saturated carbocycles. The number of hydrogen-bond donors (Lipinski definition) is 1. The molecule has 1 aliphatic carbocycles. The number of nitrogens with two attached hydrogens (primary N) is 1. The Morgan fingerprint density at radius 2 is 2.05 bits per heavy atom. The van der Waals surface area contributed by atoms with Crippen molar-refractivity contribution in [2.24, 2.45) is 5.41 Å². The van der Waals surface area contributed by atoms with Crippen molar-refractivity contribution in [3.05, 3.63) is 29.8 Å². The van der Waals surface area contributed by atoms with Crippen LogP contribution in [0, 0.1) is 5.41 Å². The summed E-state index contributed by atoms with van der Waals surface area (Å²) in [7, 11) is 0. The van der Waals surface area contributed by atoms with Crippen LogP contribution in [0.5, 0.6) is 0 Å². The van der Waals surface area contributed by atoms with E-state index in [0.29, 0.717) is 12.5 Å². The molecule has 3 heteroatoms. The summed E-state index contributed by atoms with van der Waals surface area (Å²) in [6.07, 6.45) is 4.41. The van der Waals surface area contributed by atoms with E-state index in [1.165, 1.54) is 12.8 Å². The summed E-state index contributed by atoms with van der Waals surface area (Å²) in [5.74, 6) is 0.301. The summed E-state index contributed by atoms with van der Waals surface area (Å²) in [6.45, 7) is 5.58. The average Bonchev–Trinajstić information content (AvgIpc) is 2.83. The van der Waals surface area contributed by atoms with E-state index in [1.54, 1.807) is 0 Å². The molecule has 104 valence electrons. The molecule has 3 nitrogen and oxygen atoms in total. The number of benzene rings is 1. The highest BCUT2D eigenvalue weighted by atomic mass is 16.2. The second kappa shape index (κ2) is 5.64. The number of rotatable bonds is 4. The number of nitrogen functional groups attached to an aromatic ring is 1. The van der Waals surface area contributed by atoms with Crippen LogP contribution in [0.2, 0.25) is 0 Å². The Labute approximate surface area is 115 Å². The van der Waals surface area contributed by atoms with E-state index in [-0.39, 0.29) is 5.41 Å². The van der Waals surface area contributed by atoms with Gasteiger partial charge in [-0.1, -0.05) is 31.9 Å². The molecular weight excluding hydrogens is 236 g/mol. The first-order valence-corrected chi connectivity index (χ1v) is 7.19. The molecule has 0 unspecified atom stereocenters. The van der Waals surface area contributed by atoms with Crippen molar-refractivity contribution in [1.82, 2.24) is 4.90 Å². The number of amides is 1. The predicted molar refractivity (Wildman–Crippen MR) is 78.5 cm³/mol. The molecule has 1 amide bonds. The van der Waals surface area contributed by atoms with Crippen LogP contribution in [0.15, 0.2) is 24.3 Å². The van der Waals surface area contributed by atoms with Gasteiger partial charge in [-0.2, -0.15) is 0 Å². The largest absolute Gasteiger partial charge is 0.399 e. The van der Waals surface area contributed by atoms with E-state index < -0.39 is 0 Å². The van der Waals surface area contributed by atoms with Crippen molar-refractivity contribution in [1.29, 1.82) is 0 Å². The van der Waals surface area contributed by atoms with E-state index in [9.17, 15) is 4.79 Å². The number of anilines is 1. The molecule has 0 radical (unpaired) electrons. The quantitative estimate of drug-likeness (QED) is 0.845. The Morgan fingerprint density at radius 1 is 1.37 bits per heavy atom. The SMILES string of the molecule is CCN(Cc1cccc(N)c1)C(=O)C1(C)CCCC1. The molecule has 0 aliphatic heterocycles. The molecule has 19 heavy (non-hydrogen) atoms. The van der Waals surface area contributed by atoms with Gasteiger partial charge in [-0.15, -0.1) is 0 Å². The first kappa shape index (κ1) is 13.9. The summed E-state index contributed by atoms with van der Waals surface area (Å²) >= 11 is 0. The molecule has 2 N–H and O–H groups in total. The predicted octanol–water partition coefficient (Wildman–Crippen LogP) is 3.20. The maximum absolute atomic E-state index is 12.7. The van der Waals surface area contributed by atoms with E-state index in [1.807, 2.05) is 36.1 Å². The van der Waals surface area contributed by atoms with Crippen LogP contribution in [-0.2, 0) is 11.3 Å². The van der Waals surface area contributed by atoms with Gasteiger partial charge in [0.25, 0.3) is 0 Å². The highest BCUT2D eigenvalue weighted by Crippen LogP contribution is 2.39. The maximum atomic E-state index is 12.7. The highest BCUT2D eigenvalue weighted by Gasteiger charge is 2.38. The van der Waals surface area contributed by atoms with Crippen LogP contribution in [0.1, 0.15) is 45.1 Å². The van der Waals surface area contributed by atoms with Gasteiger partial charge in [-0.3, -0.25) is 4.79 Å². The van der Waals surface area contributed by atoms with Gasteiger partial charge in [-0.25, -0.2) is 0 Å². The van der Waals surface area contributed by atoms with Gasteiger partial charge >= 0.3 is 0 Å². The fourth-order valence-corrected chi connectivity index (χ4v) is 2.99. The Balaban J connectivity index is 2.10. The summed E-state index contributed by atoms with van der Waals surface area (Å²) in [5.41, 5.74) is 7.52. The molecule has 0 heterocycles. The van der Waals surface area contributed by atoms with Crippen molar-refractivity contribution in [2.45, 2.75) is 46.1 Å². The normalized spacial score (nSPS) is 17.4. The van der Waals surface area contributed by atoms with Crippen molar-refractivity contribution in [3.8, 4) is 0 Å². The minimum atomic E-state index is -0.143. The van der Waals surface area contributed by atoms with E-state index >= 15 is 0 Å². The van der Waals surface area contributed by atoms with Gasteiger partial charge in [0.05, 0.1) is 0 Å².